The summed E-state index contributed by atoms with van der Waals surface area (Å²) in [4.78, 5) is 11.1. The van der Waals surface area contributed by atoms with Crippen molar-refractivity contribution in [1.29, 1.82) is 0 Å². The predicted octanol–water partition coefficient (Wildman–Crippen LogP) is 2.04. The Morgan fingerprint density at radius 2 is 2.00 bits per heavy atom. The zero-order valence-corrected chi connectivity index (χ0v) is 13.2. The first-order valence-corrected chi connectivity index (χ1v) is 8.07. The van der Waals surface area contributed by atoms with E-state index in [1.165, 1.54) is 25.0 Å². The molecule has 1 saturated carbocycles. The number of amides is 1. The molecule has 1 aliphatic carbocycles. The van der Waals surface area contributed by atoms with Gasteiger partial charge in [-0.05, 0) is 43.5 Å². The number of nitrogens with one attached hydrogen (secondary N) is 2. The van der Waals surface area contributed by atoms with Gasteiger partial charge in [-0.15, -0.1) is 12.4 Å². The topological polar surface area (TPSA) is 75.3 Å². The van der Waals surface area contributed by atoms with Gasteiger partial charge < -0.3 is 10.6 Å². The fraction of sp³-hybridized carbons (Fsp3) is 0.462. The lowest BCUT2D eigenvalue weighted by atomic mass is 10.3. The number of hydrogen-bond acceptors (Lipinski definition) is 4. The van der Waals surface area contributed by atoms with Crippen molar-refractivity contribution in [2.75, 3.05) is 18.4 Å². The van der Waals surface area contributed by atoms with Crippen molar-refractivity contribution >= 4 is 33.8 Å². The number of rotatable bonds is 7. The van der Waals surface area contributed by atoms with Crippen LogP contribution in [-0.2, 0) is 14.6 Å². The van der Waals surface area contributed by atoms with E-state index in [9.17, 15) is 22.0 Å². The molecule has 2 N–H and O–H groups in total. The van der Waals surface area contributed by atoms with Crippen molar-refractivity contribution in [3.8, 4) is 0 Å². The SMILES string of the molecule is Cl.O=C(CNCC1CC1)Nc1cccc(S(=O)(=O)C(F)F)c1. The molecule has 1 aliphatic rings. The highest BCUT2D eigenvalue weighted by Crippen LogP contribution is 2.27. The number of alkyl halides is 2. The molecule has 22 heavy (non-hydrogen) atoms. The van der Waals surface area contributed by atoms with Crippen LogP contribution < -0.4 is 10.6 Å². The summed E-state index contributed by atoms with van der Waals surface area (Å²) in [7, 11) is -4.66. The Bertz CT molecular complexity index is 621. The average molecular weight is 355 g/mol. The summed E-state index contributed by atoms with van der Waals surface area (Å²) >= 11 is 0. The third-order valence-corrected chi connectivity index (χ3v) is 4.48. The van der Waals surface area contributed by atoms with E-state index in [1.54, 1.807) is 0 Å². The molecule has 0 heterocycles. The van der Waals surface area contributed by atoms with Crippen molar-refractivity contribution in [3.63, 3.8) is 0 Å². The standard InChI is InChI=1S/C13H16F2N2O3S.ClH/c14-13(15)21(19,20)11-3-1-2-10(6-11)17-12(18)8-16-7-9-4-5-9;/h1-3,6,9,13,16H,4-5,7-8H2,(H,17,18);1H. The maximum Gasteiger partial charge on any atom is 0.341 e. The quantitative estimate of drug-likeness (QED) is 0.785. The van der Waals surface area contributed by atoms with Crippen molar-refractivity contribution in [3.05, 3.63) is 24.3 Å². The lowest BCUT2D eigenvalue weighted by molar-refractivity contribution is -0.115. The van der Waals surface area contributed by atoms with Crippen LogP contribution in [0.3, 0.4) is 0 Å². The second-order valence-electron chi connectivity index (χ2n) is 4.96. The first kappa shape index (κ1) is 18.8. The van der Waals surface area contributed by atoms with E-state index >= 15 is 0 Å². The van der Waals surface area contributed by atoms with Crippen LogP contribution in [0.2, 0.25) is 0 Å². The van der Waals surface area contributed by atoms with Gasteiger partial charge in [0.15, 0.2) is 0 Å². The van der Waals surface area contributed by atoms with Gasteiger partial charge in [0.1, 0.15) is 0 Å². The van der Waals surface area contributed by atoms with Gasteiger partial charge in [-0.3, -0.25) is 4.79 Å². The summed E-state index contributed by atoms with van der Waals surface area (Å²) in [5.74, 6) is -3.19. The van der Waals surface area contributed by atoms with Crippen LogP contribution in [0, 0.1) is 5.92 Å². The third-order valence-electron chi connectivity index (χ3n) is 3.10. The summed E-state index contributed by atoms with van der Waals surface area (Å²) in [6.07, 6.45) is 2.34. The van der Waals surface area contributed by atoms with Crippen LogP contribution in [0.25, 0.3) is 0 Å². The van der Waals surface area contributed by atoms with Crippen molar-refractivity contribution in [2.24, 2.45) is 5.92 Å². The van der Waals surface area contributed by atoms with Gasteiger partial charge in [-0.25, -0.2) is 8.42 Å². The summed E-state index contributed by atoms with van der Waals surface area (Å²) in [6, 6.07) is 4.86. The van der Waals surface area contributed by atoms with Crippen LogP contribution in [0.5, 0.6) is 0 Å². The molecule has 1 aromatic carbocycles. The summed E-state index contributed by atoms with van der Waals surface area (Å²) in [6.45, 7) is 0.871. The Labute approximate surface area is 133 Å². The normalized spacial score (nSPS) is 14.5. The molecule has 0 saturated heterocycles. The van der Waals surface area contributed by atoms with Gasteiger partial charge >= 0.3 is 5.76 Å². The summed E-state index contributed by atoms with van der Waals surface area (Å²) < 4.78 is 47.6. The van der Waals surface area contributed by atoms with E-state index in [2.05, 4.69) is 10.6 Å². The molecule has 1 aromatic rings. The first-order chi connectivity index (χ1) is 9.89. The number of halogens is 3. The van der Waals surface area contributed by atoms with Gasteiger partial charge in [0.2, 0.25) is 15.7 Å². The van der Waals surface area contributed by atoms with E-state index in [-0.39, 0.29) is 30.5 Å². The number of anilines is 1. The van der Waals surface area contributed by atoms with E-state index < -0.39 is 20.5 Å². The molecule has 0 unspecified atom stereocenters. The maximum atomic E-state index is 12.5. The highest BCUT2D eigenvalue weighted by molar-refractivity contribution is 7.91. The number of hydrogen-bond donors (Lipinski definition) is 2. The Morgan fingerprint density at radius 1 is 1.32 bits per heavy atom. The van der Waals surface area contributed by atoms with Crippen molar-refractivity contribution < 1.29 is 22.0 Å². The predicted molar refractivity (Wildman–Crippen MR) is 81.1 cm³/mol. The van der Waals surface area contributed by atoms with E-state index in [1.807, 2.05) is 0 Å². The number of sulfone groups is 1. The van der Waals surface area contributed by atoms with Gasteiger partial charge in [-0.1, -0.05) is 6.07 Å². The molecule has 0 radical (unpaired) electrons. The van der Waals surface area contributed by atoms with Crippen LogP contribution in [-0.4, -0.2) is 33.2 Å². The van der Waals surface area contributed by atoms with Gasteiger partial charge in [0.05, 0.1) is 11.4 Å². The Morgan fingerprint density at radius 3 is 2.59 bits per heavy atom. The van der Waals surface area contributed by atoms with Gasteiger partial charge in [0, 0.05) is 5.69 Å². The molecule has 0 atom stereocenters. The molecular weight excluding hydrogens is 338 g/mol. The van der Waals surface area contributed by atoms with E-state index in [0.717, 1.165) is 18.7 Å². The molecule has 9 heteroatoms. The average Bonchev–Trinajstić information content (AvgIpc) is 3.23. The van der Waals surface area contributed by atoms with Crippen LogP contribution >= 0.6 is 12.4 Å². The highest BCUT2D eigenvalue weighted by atomic mass is 35.5. The largest absolute Gasteiger partial charge is 0.341 e. The fourth-order valence-electron chi connectivity index (χ4n) is 1.77. The highest BCUT2D eigenvalue weighted by Gasteiger charge is 2.26. The molecule has 2 rings (SSSR count). The van der Waals surface area contributed by atoms with E-state index in [4.69, 9.17) is 0 Å². The monoisotopic (exact) mass is 354 g/mol. The molecule has 124 valence electrons. The second-order valence-corrected chi connectivity index (χ2v) is 6.87. The maximum absolute atomic E-state index is 12.5. The third kappa shape index (κ3) is 5.19. The molecule has 0 aromatic heterocycles. The molecule has 1 fully saturated rings. The molecule has 1 amide bonds. The van der Waals surface area contributed by atoms with Crippen LogP contribution in [0.15, 0.2) is 29.2 Å². The zero-order chi connectivity index (χ0) is 15.5. The van der Waals surface area contributed by atoms with Crippen LogP contribution in [0.4, 0.5) is 14.5 Å². The minimum atomic E-state index is -4.66. The number of carbonyl (C=O) groups excluding carboxylic acids is 1. The molecule has 0 bridgehead atoms. The summed E-state index contributed by atoms with van der Waals surface area (Å²) in [5, 5.41) is 5.46. The van der Waals surface area contributed by atoms with Crippen molar-refractivity contribution in [1.82, 2.24) is 5.32 Å². The second kappa shape index (κ2) is 7.85. The number of benzene rings is 1. The number of carbonyl (C=O) groups is 1. The lowest BCUT2D eigenvalue weighted by Gasteiger charge is -2.08. The minimum absolute atomic E-state index is 0. The van der Waals surface area contributed by atoms with Crippen LogP contribution in [0.1, 0.15) is 12.8 Å². The van der Waals surface area contributed by atoms with Gasteiger partial charge in [0.25, 0.3) is 0 Å². The van der Waals surface area contributed by atoms with Gasteiger partial charge in [-0.2, -0.15) is 8.78 Å². The fourth-order valence-corrected chi connectivity index (χ4v) is 2.54. The Kier molecular flexibility index (Phi) is 6.70. The molecular formula is C13H17ClF2N2O3S. The smallest absolute Gasteiger partial charge is 0.325 e. The zero-order valence-electron chi connectivity index (χ0n) is 11.6. The molecule has 0 aliphatic heterocycles. The summed E-state index contributed by atoms with van der Waals surface area (Å²) in [5.41, 5.74) is 0.176. The minimum Gasteiger partial charge on any atom is -0.325 e. The molecule has 5 nitrogen and oxygen atoms in total. The Balaban J connectivity index is 0.00000242. The van der Waals surface area contributed by atoms with E-state index in [0.29, 0.717) is 5.92 Å². The first-order valence-electron chi connectivity index (χ1n) is 6.52. The van der Waals surface area contributed by atoms with Crippen molar-refractivity contribution in [2.45, 2.75) is 23.5 Å². The Hall–Kier alpha value is -1.25. The lowest BCUT2D eigenvalue weighted by Crippen LogP contribution is -2.29. The molecule has 0 spiro atoms.